The second kappa shape index (κ2) is 8.64. The van der Waals surface area contributed by atoms with Gasteiger partial charge in [0.15, 0.2) is 5.11 Å². The van der Waals surface area contributed by atoms with E-state index in [0.717, 1.165) is 11.3 Å². The summed E-state index contributed by atoms with van der Waals surface area (Å²) in [5.41, 5.74) is 6.45. The third kappa shape index (κ3) is 5.69. The molecule has 0 spiro atoms. The van der Waals surface area contributed by atoms with Gasteiger partial charge in [-0.15, -0.1) is 0 Å². The molecule has 0 heterocycles. The molecule has 1 amide bonds. The molecule has 0 saturated heterocycles. The summed E-state index contributed by atoms with van der Waals surface area (Å²) < 4.78 is 17.9. The molecule has 0 atom stereocenters. The van der Waals surface area contributed by atoms with E-state index in [1.807, 2.05) is 12.1 Å². The van der Waals surface area contributed by atoms with Crippen molar-refractivity contribution in [1.29, 1.82) is 0 Å². The van der Waals surface area contributed by atoms with E-state index >= 15 is 0 Å². The molecule has 0 radical (unpaired) electrons. The molecule has 124 valence electrons. The van der Waals surface area contributed by atoms with Crippen LogP contribution in [0.3, 0.4) is 0 Å². The third-order valence-corrected chi connectivity index (χ3v) is 3.15. The number of anilines is 1. The largest absolute Gasteiger partial charge is 0.497 e. The molecular weight excluding hydrogens is 329 g/mol. The Morgan fingerprint density at radius 1 is 1.08 bits per heavy atom. The van der Waals surface area contributed by atoms with Crippen LogP contribution < -0.4 is 20.9 Å². The molecular formula is C17H16FN3O2S. The average molecular weight is 345 g/mol. The number of halogens is 1. The van der Waals surface area contributed by atoms with Gasteiger partial charge in [-0.05, 0) is 60.3 Å². The quantitative estimate of drug-likeness (QED) is 0.452. The fourth-order valence-electron chi connectivity index (χ4n) is 1.74. The van der Waals surface area contributed by atoms with Gasteiger partial charge in [-0.3, -0.25) is 15.6 Å². The molecule has 0 unspecified atom stereocenters. The summed E-state index contributed by atoms with van der Waals surface area (Å²) in [5.74, 6) is 0.0426. The Hall–Kier alpha value is -2.93. The molecule has 0 aliphatic carbocycles. The van der Waals surface area contributed by atoms with E-state index < -0.39 is 0 Å². The topological polar surface area (TPSA) is 62.4 Å². The molecule has 0 aromatic heterocycles. The molecule has 24 heavy (non-hydrogen) atoms. The molecule has 0 aliphatic heterocycles. The van der Waals surface area contributed by atoms with Gasteiger partial charge in [0.25, 0.3) is 5.91 Å². The molecule has 0 bridgehead atoms. The number of rotatable bonds is 4. The second-order valence-electron chi connectivity index (χ2n) is 4.68. The van der Waals surface area contributed by atoms with Gasteiger partial charge in [0.2, 0.25) is 0 Å². The van der Waals surface area contributed by atoms with Crippen molar-refractivity contribution in [2.45, 2.75) is 0 Å². The van der Waals surface area contributed by atoms with E-state index in [1.54, 1.807) is 25.3 Å². The Kier molecular flexibility index (Phi) is 6.27. The van der Waals surface area contributed by atoms with Crippen LogP contribution in [0.4, 0.5) is 10.1 Å². The van der Waals surface area contributed by atoms with E-state index in [9.17, 15) is 9.18 Å². The molecule has 5 nitrogen and oxygen atoms in total. The first-order chi connectivity index (χ1) is 11.6. The Morgan fingerprint density at radius 3 is 2.38 bits per heavy atom. The van der Waals surface area contributed by atoms with Crippen LogP contribution in [0, 0.1) is 5.82 Å². The van der Waals surface area contributed by atoms with E-state index in [0.29, 0.717) is 5.69 Å². The molecule has 7 heteroatoms. The van der Waals surface area contributed by atoms with E-state index in [1.165, 1.54) is 30.3 Å². The number of hydrogen-bond acceptors (Lipinski definition) is 3. The van der Waals surface area contributed by atoms with Gasteiger partial charge in [0, 0.05) is 11.8 Å². The van der Waals surface area contributed by atoms with Crippen LogP contribution in [0.1, 0.15) is 5.56 Å². The van der Waals surface area contributed by atoms with Gasteiger partial charge in [-0.2, -0.15) is 0 Å². The molecule has 2 aromatic carbocycles. The van der Waals surface area contributed by atoms with Crippen molar-refractivity contribution in [3.63, 3.8) is 0 Å². The first kappa shape index (κ1) is 17.4. The van der Waals surface area contributed by atoms with E-state index in [-0.39, 0.29) is 16.8 Å². The zero-order chi connectivity index (χ0) is 17.4. The number of carbonyl (C=O) groups excluding carboxylic acids is 1. The number of benzene rings is 2. The number of hydrogen-bond donors (Lipinski definition) is 3. The summed E-state index contributed by atoms with van der Waals surface area (Å²) in [6.07, 6.45) is 3.03. The zero-order valence-electron chi connectivity index (χ0n) is 12.9. The SMILES string of the molecule is COc1ccc(/C=C/C(=O)NNC(=S)Nc2ccc(F)cc2)cc1. The van der Waals surface area contributed by atoms with Gasteiger partial charge in [-0.25, -0.2) is 4.39 Å². The van der Waals surface area contributed by atoms with Crippen molar-refractivity contribution >= 4 is 35.0 Å². The smallest absolute Gasteiger partial charge is 0.262 e. The monoisotopic (exact) mass is 345 g/mol. The van der Waals surface area contributed by atoms with Crippen molar-refractivity contribution in [2.75, 3.05) is 12.4 Å². The lowest BCUT2D eigenvalue weighted by atomic mass is 10.2. The van der Waals surface area contributed by atoms with Crippen molar-refractivity contribution in [2.24, 2.45) is 0 Å². The molecule has 0 aliphatic rings. The maximum atomic E-state index is 12.8. The Balaban J connectivity index is 1.78. The summed E-state index contributed by atoms with van der Waals surface area (Å²) in [4.78, 5) is 11.7. The highest BCUT2D eigenvalue weighted by molar-refractivity contribution is 7.80. The number of nitrogens with one attached hydrogen (secondary N) is 3. The summed E-state index contributed by atoms with van der Waals surface area (Å²) in [6.45, 7) is 0. The molecule has 0 fully saturated rings. The van der Waals surface area contributed by atoms with Crippen LogP contribution in [0.5, 0.6) is 5.75 Å². The number of thiocarbonyl (C=S) groups is 1. The van der Waals surface area contributed by atoms with Crippen LogP contribution in [0.25, 0.3) is 6.08 Å². The Labute approximate surface area is 144 Å². The van der Waals surface area contributed by atoms with E-state index in [4.69, 9.17) is 17.0 Å². The Morgan fingerprint density at radius 2 is 1.75 bits per heavy atom. The Bertz CT molecular complexity index is 731. The average Bonchev–Trinajstić information content (AvgIpc) is 2.60. The van der Waals surface area contributed by atoms with Gasteiger partial charge < -0.3 is 10.1 Å². The lowest BCUT2D eigenvalue weighted by Crippen LogP contribution is -2.43. The van der Waals surface area contributed by atoms with Gasteiger partial charge in [-0.1, -0.05) is 12.1 Å². The number of amides is 1. The molecule has 0 saturated carbocycles. The van der Waals surface area contributed by atoms with Crippen LogP contribution in [-0.2, 0) is 4.79 Å². The number of carbonyl (C=O) groups is 1. The molecule has 3 N–H and O–H groups in total. The van der Waals surface area contributed by atoms with Crippen LogP contribution >= 0.6 is 12.2 Å². The lowest BCUT2D eigenvalue weighted by Gasteiger charge is -2.10. The number of methoxy groups -OCH3 is 1. The predicted octanol–water partition coefficient (Wildman–Crippen LogP) is 2.87. The van der Waals surface area contributed by atoms with Crippen LogP contribution in [0.2, 0.25) is 0 Å². The van der Waals surface area contributed by atoms with Crippen molar-refractivity contribution in [1.82, 2.24) is 10.9 Å². The summed E-state index contributed by atoms with van der Waals surface area (Å²) >= 11 is 5.02. The molecule has 2 aromatic rings. The van der Waals surface area contributed by atoms with Crippen molar-refractivity contribution in [3.8, 4) is 5.75 Å². The molecule has 2 rings (SSSR count). The van der Waals surface area contributed by atoms with Crippen LogP contribution in [-0.4, -0.2) is 18.1 Å². The van der Waals surface area contributed by atoms with Gasteiger partial charge in [0.05, 0.1) is 7.11 Å². The predicted molar refractivity (Wildman–Crippen MR) is 95.9 cm³/mol. The highest BCUT2D eigenvalue weighted by atomic mass is 32.1. The lowest BCUT2D eigenvalue weighted by molar-refractivity contribution is -0.116. The minimum Gasteiger partial charge on any atom is -0.497 e. The number of ether oxygens (including phenoxy) is 1. The van der Waals surface area contributed by atoms with Crippen molar-refractivity contribution < 1.29 is 13.9 Å². The second-order valence-corrected chi connectivity index (χ2v) is 5.09. The van der Waals surface area contributed by atoms with Gasteiger partial charge >= 0.3 is 0 Å². The fourth-order valence-corrected chi connectivity index (χ4v) is 1.91. The minimum atomic E-state index is -0.367. The summed E-state index contributed by atoms with van der Waals surface area (Å²) in [6, 6.07) is 13.0. The highest BCUT2D eigenvalue weighted by Crippen LogP contribution is 2.12. The first-order valence-electron chi connectivity index (χ1n) is 7.01. The fraction of sp³-hybridized carbons (Fsp3) is 0.0588. The minimum absolute atomic E-state index is 0.188. The highest BCUT2D eigenvalue weighted by Gasteiger charge is 2.00. The third-order valence-electron chi connectivity index (χ3n) is 2.94. The summed E-state index contributed by atoms with van der Waals surface area (Å²) in [7, 11) is 1.59. The van der Waals surface area contributed by atoms with E-state index in [2.05, 4.69) is 16.2 Å². The van der Waals surface area contributed by atoms with Crippen LogP contribution in [0.15, 0.2) is 54.6 Å². The number of hydrazine groups is 1. The first-order valence-corrected chi connectivity index (χ1v) is 7.42. The van der Waals surface area contributed by atoms with Crippen molar-refractivity contribution in [3.05, 3.63) is 66.0 Å². The standard InChI is InChI=1S/C17H16FN3O2S/c1-23-15-9-2-12(3-10-15)4-11-16(22)20-21-17(24)19-14-7-5-13(18)6-8-14/h2-11H,1H3,(H,20,22)(H2,19,21,24)/b11-4+. The maximum Gasteiger partial charge on any atom is 0.262 e. The summed E-state index contributed by atoms with van der Waals surface area (Å²) in [5, 5.41) is 3.00. The normalized spacial score (nSPS) is 10.2. The van der Waals surface area contributed by atoms with Gasteiger partial charge in [0.1, 0.15) is 11.6 Å². The zero-order valence-corrected chi connectivity index (χ0v) is 13.7. The maximum absolute atomic E-state index is 12.8.